The van der Waals surface area contributed by atoms with Crippen LogP contribution in [0.3, 0.4) is 0 Å². The zero-order valence-corrected chi connectivity index (χ0v) is 8.47. The van der Waals surface area contributed by atoms with Crippen LogP contribution in [-0.4, -0.2) is 7.11 Å². The van der Waals surface area contributed by atoms with E-state index in [-0.39, 0.29) is 0 Å². The number of aryl methyl sites for hydroxylation is 1. The number of rotatable bonds is 1. The van der Waals surface area contributed by atoms with Crippen LogP contribution >= 0.6 is 15.9 Å². The Kier molecular flexibility index (Phi) is 2.72. The van der Waals surface area contributed by atoms with Crippen molar-refractivity contribution in [2.45, 2.75) is 6.92 Å². The highest BCUT2D eigenvalue weighted by molar-refractivity contribution is 9.10. The number of hydrogen-bond acceptors (Lipinski definition) is 2. The van der Waals surface area contributed by atoms with Crippen LogP contribution in [0.15, 0.2) is 16.6 Å². The maximum absolute atomic E-state index is 8.64. The van der Waals surface area contributed by atoms with E-state index in [0.29, 0.717) is 5.56 Å². The van der Waals surface area contributed by atoms with Crippen molar-refractivity contribution < 1.29 is 4.74 Å². The maximum Gasteiger partial charge on any atom is 0.136 e. The summed E-state index contributed by atoms with van der Waals surface area (Å²) in [5, 5.41) is 8.64. The largest absolute Gasteiger partial charge is 0.495 e. The molecule has 0 amide bonds. The standard InChI is InChI=1S/C9H8BrNO/c1-6-3-7(5-11)4-8(10)9(6)12-2/h3-4H,1-2H3. The predicted molar refractivity (Wildman–Crippen MR) is 50.1 cm³/mol. The second-order valence-corrected chi connectivity index (χ2v) is 3.27. The monoisotopic (exact) mass is 225 g/mol. The molecule has 0 bridgehead atoms. The maximum atomic E-state index is 8.64. The van der Waals surface area contributed by atoms with Crippen molar-refractivity contribution in [3.05, 3.63) is 27.7 Å². The minimum Gasteiger partial charge on any atom is -0.495 e. The third-order valence-electron chi connectivity index (χ3n) is 1.56. The van der Waals surface area contributed by atoms with E-state index in [1.807, 2.05) is 6.92 Å². The molecule has 1 rings (SSSR count). The predicted octanol–water partition coefficient (Wildman–Crippen LogP) is 2.64. The first kappa shape index (κ1) is 9.08. The molecular weight excluding hydrogens is 218 g/mol. The lowest BCUT2D eigenvalue weighted by Crippen LogP contribution is -1.89. The smallest absolute Gasteiger partial charge is 0.136 e. The van der Waals surface area contributed by atoms with Gasteiger partial charge >= 0.3 is 0 Å². The number of hydrogen-bond donors (Lipinski definition) is 0. The van der Waals surface area contributed by atoms with Crippen molar-refractivity contribution in [1.82, 2.24) is 0 Å². The molecule has 0 spiro atoms. The van der Waals surface area contributed by atoms with Crippen LogP contribution in [0, 0.1) is 18.3 Å². The molecule has 0 aliphatic heterocycles. The van der Waals surface area contributed by atoms with Crippen LogP contribution in [-0.2, 0) is 0 Å². The first-order valence-electron chi connectivity index (χ1n) is 3.43. The lowest BCUT2D eigenvalue weighted by atomic mass is 10.1. The van der Waals surface area contributed by atoms with Crippen molar-refractivity contribution >= 4 is 15.9 Å². The molecular formula is C9H8BrNO. The summed E-state index contributed by atoms with van der Waals surface area (Å²) in [5.74, 6) is 0.786. The molecule has 0 saturated carbocycles. The highest BCUT2D eigenvalue weighted by Crippen LogP contribution is 2.29. The van der Waals surface area contributed by atoms with Crippen LogP contribution in [0.4, 0.5) is 0 Å². The Morgan fingerprint density at radius 3 is 2.58 bits per heavy atom. The second kappa shape index (κ2) is 3.59. The molecule has 0 aliphatic rings. The van der Waals surface area contributed by atoms with Gasteiger partial charge in [-0.1, -0.05) is 0 Å². The van der Waals surface area contributed by atoms with Gasteiger partial charge in [-0.05, 0) is 40.5 Å². The number of benzene rings is 1. The minimum atomic E-state index is 0.639. The summed E-state index contributed by atoms with van der Waals surface area (Å²) >= 11 is 3.32. The molecule has 0 aliphatic carbocycles. The van der Waals surface area contributed by atoms with Crippen molar-refractivity contribution in [3.63, 3.8) is 0 Å². The second-order valence-electron chi connectivity index (χ2n) is 2.42. The van der Waals surface area contributed by atoms with Crippen molar-refractivity contribution in [1.29, 1.82) is 5.26 Å². The van der Waals surface area contributed by atoms with Gasteiger partial charge in [0.1, 0.15) is 5.75 Å². The van der Waals surface area contributed by atoms with Gasteiger partial charge in [-0.3, -0.25) is 0 Å². The van der Waals surface area contributed by atoms with E-state index in [9.17, 15) is 0 Å². The first-order valence-corrected chi connectivity index (χ1v) is 4.22. The van der Waals surface area contributed by atoms with E-state index in [1.54, 1.807) is 19.2 Å². The van der Waals surface area contributed by atoms with Gasteiger partial charge in [0.2, 0.25) is 0 Å². The summed E-state index contributed by atoms with van der Waals surface area (Å²) in [7, 11) is 1.61. The highest BCUT2D eigenvalue weighted by atomic mass is 79.9. The summed E-state index contributed by atoms with van der Waals surface area (Å²) < 4.78 is 5.94. The number of ether oxygens (including phenoxy) is 1. The van der Waals surface area contributed by atoms with Crippen molar-refractivity contribution in [2.24, 2.45) is 0 Å². The lowest BCUT2D eigenvalue weighted by Gasteiger charge is -2.06. The van der Waals surface area contributed by atoms with Gasteiger partial charge in [0.05, 0.1) is 23.2 Å². The summed E-state index contributed by atoms with van der Waals surface area (Å²) in [4.78, 5) is 0. The molecule has 1 aromatic carbocycles. The Hall–Kier alpha value is -1.01. The molecule has 1 aromatic rings. The molecule has 0 radical (unpaired) electrons. The van der Waals surface area contributed by atoms with Crippen LogP contribution < -0.4 is 4.74 Å². The summed E-state index contributed by atoms with van der Waals surface area (Å²) in [6.45, 7) is 1.91. The Morgan fingerprint density at radius 2 is 2.17 bits per heavy atom. The van der Waals surface area contributed by atoms with Crippen molar-refractivity contribution in [2.75, 3.05) is 7.11 Å². The van der Waals surface area contributed by atoms with Crippen molar-refractivity contribution in [3.8, 4) is 11.8 Å². The molecule has 62 valence electrons. The quantitative estimate of drug-likeness (QED) is 0.737. The van der Waals surface area contributed by atoms with E-state index >= 15 is 0 Å². The van der Waals surface area contributed by atoms with Gasteiger partial charge in [0, 0.05) is 0 Å². The first-order chi connectivity index (χ1) is 5.69. The molecule has 3 heteroatoms. The summed E-state index contributed by atoms with van der Waals surface area (Å²) in [6, 6.07) is 5.61. The average Bonchev–Trinajstić information content (AvgIpc) is 2.03. The fourth-order valence-corrected chi connectivity index (χ4v) is 1.78. The molecule has 12 heavy (non-hydrogen) atoms. The Bertz CT molecular complexity index is 318. The zero-order chi connectivity index (χ0) is 9.14. The minimum absolute atomic E-state index is 0.639. The van der Waals surface area contributed by atoms with E-state index in [2.05, 4.69) is 22.0 Å². The number of nitriles is 1. The molecule has 0 heterocycles. The Morgan fingerprint density at radius 1 is 1.50 bits per heavy atom. The van der Waals surface area contributed by atoms with Gasteiger partial charge in [0.25, 0.3) is 0 Å². The number of halogens is 1. The molecule has 0 N–H and O–H groups in total. The third kappa shape index (κ3) is 1.59. The molecule has 0 fully saturated rings. The molecule has 0 saturated heterocycles. The topological polar surface area (TPSA) is 33.0 Å². The Labute approximate surface area is 79.9 Å². The van der Waals surface area contributed by atoms with Crippen LogP contribution in [0.2, 0.25) is 0 Å². The molecule has 0 aromatic heterocycles. The summed E-state index contributed by atoms with van der Waals surface area (Å²) in [6.07, 6.45) is 0. The van der Waals surface area contributed by atoms with E-state index < -0.39 is 0 Å². The zero-order valence-electron chi connectivity index (χ0n) is 6.89. The SMILES string of the molecule is COc1c(C)cc(C#N)cc1Br. The van der Waals surface area contributed by atoms with Gasteiger partial charge in [-0.2, -0.15) is 5.26 Å². The molecule has 0 atom stereocenters. The van der Waals surface area contributed by atoms with Gasteiger partial charge in [-0.15, -0.1) is 0 Å². The normalized spacial score (nSPS) is 9.17. The molecule has 2 nitrogen and oxygen atoms in total. The fraction of sp³-hybridized carbons (Fsp3) is 0.222. The fourth-order valence-electron chi connectivity index (χ4n) is 1.05. The van der Waals surface area contributed by atoms with E-state index in [0.717, 1.165) is 15.8 Å². The van der Waals surface area contributed by atoms with E-state index in [4.69, 9.17) is 10.00 Å². The van der Waals surface area contributed by atoms with Crippen LogP contribution in [0.25, 0.3) is 0 Å². The van der Waals surface area contributed by atoms with Gasteiger partial charge in [0.15, 0.2) is 0 Å². The van der Waals surface area contributed by atoms with Crippen LogP contribution in [0.1, 0.15) is 11.1 Å². The van der Waals surface area contributed by atoms with Gasteiger partial charge < -0.3 is 4.74 Å². The van der Waals surface area contributed by atoms with Gasteiger partial charge in [-0.25, -0.2) is 0 Å². The third-order valence-corrected chi connectivity index (χ3v) is 2.15. The Balaban J connectivity index is 3.30. The number of nitrogens with zero attached hydrogens (tertiary/aromatic N) is 1. The molecule has 0 unspecified atom stereocenters. The van der Waals surface area contributed by atoms with Crippen LogP contribution in [0.5, 0.6) is 5.75 Å². The average molecular weight is 226 g/mol. The lowest BCUT2D eigenvalue weighted by molar-refractivity contribution is 0.409. The number of methoxy groups -OCH3 is 1. The highest BCUT2D eigenvalue weighted by Gasteiger charge is 2.05. The summed E-state index contributed by atoms with van der Waals surface area (Å²) in [5.41, 5.74) is 1.60. The van der Waals surface area contributed by atoms with E-state index in [1.165, 1.54) is 0 Å².